The van der Waals surface area contributed by atoms with E-state index in [9.17, 15) is 18.8 Å². The van der Waals surface area contributed by atoms with Gasteiger partial charge in [0.05, 0.1) is 38.5 Å². The van der Waals surface area contributed by atoms with Gasteiger partial charge >= 0.3 is 0 Å². The van der Waals surface area contributed by atoms with Gasteiger partial charge in [0.15, 0.2) is 5.78 Å². The lowest BCUT2D eigenvalue weighted by atomic mass is 9.84. The molecule has 3 heterocycles. The molecule has 3 aliphatic rings. The van der Waals surface area contributed by atoms with Gasteiger partial charge < -0.3 is 35.2 Å². The first-order chi connectivity index (χ1) is 20.6. The predicted molar refractivity (Wildman–Crippen MR) is 158 cm³/mol. The molecule has 2 aromatic carbocycles. The number of halogens is 1. The van der Waals surface area contributed by atoms with Crippen molar-refractivity contribution in [3.63, 3.8) is 0 Å². The van der Waals surface area contributed by atoms with E-state index in [-0.39, 0.29) is 43.7 Å². The number of benzene rings is 2. The molecule has 10 nitrogen and oxygen atoms in total. The van der Waals surface area contributed by atoms with Crippen LogP contribution < -0.4 is 11.1 Å². The molecule has 0 radical (unpaired) electrons. The average molecular weight is 594 g/mol. The standard InChI is InChI=1S/C32H40FN5O5/c1-31(2,34)30(41)35-26(21-43-20-24-6-4-3-5-7-24)29(40)37-12-13-38-28(36-14-16-42-17-15-36)18-27(39)32(38,22-37)19-23-8-10-25(33)11-9-23/h3-11,18,26H,12-17,19-22,34H2,1-2H3,(H,35,41). The van der Waals surface area contributed by atoms with E-state index in [4.69, 9.17) is 15.2 Å². The average Bonchev–Trinajstić information content (AvgIpc) is 3.29. The lowest BCUT2D eigenvalue weighted by molar-refractivity contribution is -0.145. The molecule has 43 heavy (non-hydrogen) atoms. The highest BCUT2D eigenvalue weighted by Crippen LogP contribution is 2.38. The third-order valence-electron chi connectivity index (χ3n) is 8.20. The first-order valence-electron chi connectivity index (χ1n) is 14.7. The molecule has 0 aliphatic carbocycles. The molecule has 0 saturated carbocycles. The van der Waals surface area contributed by atoms with Gasteiger partial charge in [-0.3, -0.25) is 14.4 Å². The Morgan fingerprint density at radius 3 is 2.42 bits per heavy atom. The van der Waals surface area contributed by atoms with Gasteiger partial charge in [0.25, 0.3) is 0 Å². The fourth-order valence-electron chi connectivity index (χ4n) is 5.82. The van der Waals surface area contributed by atoms with Gasteiger partial charge in [-0.15, -0.1) is 0 Å². The van der Waals surface area contributed by atoms with Crippen molar-refractivity contribution in [3.05, 3.63) is 83.4 Å². The number of morpholine rings is 1. The van der Waals surface area contributed by atoms with E-state index in [1.165, 1.54) is 12.1 Å². The number of nitrogens with one attached hydrogen (secondary N) is 1. The quantitative estimate of drug-likeness (QED) is 0.425. The van der Waals surface area contributed by atoms with Gasteiger partial charge in [0.2, 0.25) is 11.8 Å². The fraction of sp³-hybridized carbons (Fsp3) is 0.469. The van der Waals surface area contributed by atoms with E-state index in [0.717, 1.165) is 16.9 Å². The van der Waals surface area contributed by atoms with Crippen molar-refractivity contribution < 1.29 is 28.2 Å². The number of piperazine rings is 1. The molecule has 5 rings (SSSR count). The van der Waals surface area contributed by atoms with Crippen LogP contribution in [0, 0.1) is 5.82 Å². The van der Waals surface area contributed by atoms with Crippen LogP contribution in [0.15, 0.2) is 66.5 Å². The number of hydrogen-bond donors (Lipinski definition) is 2. The molecular weight excluding hydrogens is 553 g/mol. The Hall–Kier alpha value is -3.80. The summed E-state index contributed by atoms with van der Waals surface area (Å²) in [6, 6.07) is 14.6. The number of nitrogens with zero attached hydrogens (tertiary/aromatic N) is 3. The van der Waals surface area contributed by atoms with Crippen LogP contribution in [0.4, 0.5) is 4.39 Å². The molecule has 0 spiro atoms. The summed E-state index contributed by atoms with van der Waals surface area (Å²) in [6.45, 7) is 6.65. The largest absolute Gasteiger partial charge is 0.378 e. The highest BCUT2D eigenvalue weighted by atomic mass is 19.1. The third kappa shape index (κ3) is 6.90. The van der Waals surface area contributed by atoms with Crippen LogP contribution in [0.5, 0.6) is 0 Å². The van der Waals surface area contributed by atoms with Crippen LogP contribution >= 0.6 is 0 Å². The number of carbonyl (C=O) groups excluding carboxylic acids is 3. The zero-order valence-corrected chi connectivity index (χ0v) is 24.8. The van der Waals surface area contributed by atoms with Crippen LogP contribution in [0.25, 0.3) is 0 Å². The van der Waals surface area contributed by atoms with Crippen LogP contribution in [0.3, 0.4) is 0 Å². The number of nitrogens with two attached hydrogens (primary N) is 1. The lowest BCUT2D eigenvalue weighted by Crippen LogP contribution is -2.68. The first kappa shape index (κ1) is 30.7. The van der Waals surface area contributed by atoms with Crippen LogP contribution in [-0.4, -0.2) is 102 Å². The van der Waals surface area contributed by atoms with Crippen LogP contribution in [0.2, 0.25) is 0 Å². The monoisotopic (exact) mass is 593 g/mol. The Bertz CT molecular complexity index is 1340. The van der Waals surface area contributed by atoms with E-state index in [2.05, 4.69) is 15.1 Å². The molecule has 230 valence electrons. The minimum atomic E-state index is -1.21. The minimum Gasteiger partial charge on any atom is -0.378 e. The summed E-state index contributed by atoms with van der Waals surface area (Å²) in [5, 5.41) is 2.78. The molecule has 3 aliphatic heterocycles. The summed E-state index contributed by atoms with van der Waals surface area (Å²) in [7, 11) is 0. The second-order valence-corrected chi connectivity index (χ2v) is 12.0. The van der Waals surface area contributed by atoms with Crippen LogP contribution in [0.1, 0.15) is 25.0 Å². The Labute approximate surface area is 251 Å². The summed E-state index contributed by atoms with van der Waals surface area (Å²) in [4.78, 5) is 46.8. The Kier molecular flexibility index (Phi) is 9.14. The molecule has 2 fully saturated rings. The molecule has 11 heteroatoms. The van der Waals surface area contributed by atoms with Gasteiger partial charge in [0.1, 0.15) is 23.2 Å². The van der Waals surface area contributed by atoms with Crippen molar-refractivity contribution in [1.82, 2.24) is 20.0 Å². The number of amides is 2. The predicted octanol–water partition coefficient (Wildman–Crippen LogP) is 1.45. The molecule has 2 amide bonds. The maximum atomic E-state index is 14.1. The Morgan fingerprint density at radius 2 is 1.74 bits per heavy atom. The Balaban J connectivity index is 1.39. The van der Waals surface area contributed by atoms with Gasteiger partial charge in [-0.05, 0) is 37.1 Å². The molecule has 0 aromatic heterocycles. The van der Waals surface area contributed by atoms with E-state index in [1.807, 2.05) is 30.3 Å². The van der Waals surface area contributed by atoms with Gasteiger partial charge in [-0.25, -0.2) is 4.39 Å². The van der Waals surface area contributed by atoms with Gasteiger partial charge in [-0.1, -0.05) is 42.5 Å². The van der Waals surface area contributed by atoms with E-state index in [1.54, 1.807) is 37.0 Å². The highest BCUT2D eigenvalue weighted by molar-refractivity contribution is 6.02. The smallest absolute Gasteiger partial charge is 0.247 e. The zero-order chi connectivity index (χ0) is 30.6. The summed E-state index contributed by atoms with van der Waals surface area (Å²) in [5.41, 5.74) is 5.47. The van der Waals surface area contributed by atoms with Crippen molar-refractivity contribution in [2.24, 2.45) is 5.73 Å². The van der Waals surface area contributed by atoms with E-state index >= 15 is 0 Å². The molecule has 2 saturated heterocycles. The first-order valence-corrected chi connectivity index (χ1v) is 14.7. The number of ether oxygens (including phenoxy) is 2. The summed E-state index contributed by atoms with van der Waals surface area (Å²) in [5.74, 6) is -0.484. The molecule has 3 N–H and O–H groups in total. The lowest BCUT2D eigenvalue weighted by Gasteiger charge is -2.50. The summed E-state index contributed by atoms with van der Waals surface area (Å²) < 4.78 is 25.2. The normalized spacial score (nSPS) is 21.3. The second-order valence-electron chi connectivity index (χ2n) is 12.0. The van der Waals surface area contributed by atoms with Crippen LogP contribution in [-0.2, 0) is 36.9 Å². The summed E-state index contributed by atoms with van der Waals surface area (Å²) in [6.07, 6.45) is 1.96. The molecule has 2 atom stereocenters. The van der Waals surface area contributed by atoms with Crippen molar-refractivity contribution in [2.45, 2.75) is 44.0 Å². The molecule has 0 bridgehead atoms. The maximum absolute atomic E-state index is 14.1. The molecular formula is C32H40FN5O5. The van der Waals surface area contributed by atoms with Crippen molar-refractivity contribution in [2.75, 3.05) is 52.5 Å². The SMILES string of the molecule is CC(C)(N)C(=O)NC(COCc1ccccc1)C(=O)N1CCN2C(N3CCOCC3)=CC(=O)C2(Cc2ccc(F)cc2)C1. The molecule has 2 aromatic rings. The molecule has 2 unspecified atom stereocenters. The summed E-state index contributed by atoms with van der Waals surface area (Å²) >= 11 is 0. The van der Waals surface area contributed by atoms with Gasteiger partial charge in [0, 0.05) is 38.7 Å². The number of carbonyl (C=O) groups is 3. The topological polar surface area (TPSA) is 117 Å². The number of hydrogen-bond acceptors (Lipinski definition) is 8. The Morgan fingerprint density at radius 1 is 1.05 bits per heavy atom. The maximum Gasteiger partial charge on any atom is 0.247 e. The van der Waals surface area contributed by atoms with Crippen molar-refractivity contribution in [1.29, 1.82) is 0 Å². The minimum absolute atomic E-state index is 0.0635. The number of rotatable bonds is 10. The van der Waals surface area contributed by atoms with Crippen molar-refractivity contribution in [3.8, 4) is 0 Å². The van der Waals surface area contributed by atoms with E-state index in [0.29, 0.717) is 39.4 Å². The number of ketones is 1. The van der Waals surface area contributed by atoms with Gasteiger partial charge in [-0.2, -0.15) is 0 Å². The number of fused-ring (bicyclic) bond motifs is 1. The van der Waals surface area contributed by atoms with Crippen molar-refractivity contribution >= 4 is 17.6 Å². The second kappa shape index (κ2) is 12.8. The van der Waals surface area contributed by atoms with E-state index < -0.39 is 23.0 Å². The zero-order valence-electron chi connectivity index (χ0n) is 24.8. The highest BCUT2D eigenvalue weighted by Gasteiger charge is 2.54. The third-order valence-corrected chi connectivity index (χ3v) is 8.20. The fourth-order valence-corrected chi connectivity index (χ4v) is 5.82.